The molecule has 0 aromatic heterocycles. The smallest absolute Gasteiger partial charge is 0.311 e. The van der Waals surface area contributed by atoms with E-state index in [-0.39, 0.29) is 0 Å². The van der Waals surface area contributed by atoms with Crippen LogP contribution < -0.4 is 5.48 Å². The molecular formula is C7H8N2O3. The number of hydrogen-bond acceptors (Lipinski definition) is 4. The number of hydrogen-bond donors (Lipinski definition) is 2. The highest BCUT2D eigenvalue weighted by Crippen LogP contribution is 2.11. The first-order valence-corrected chi connectivity index (χ1v) is 3.33. The molecule has 5 nitrogen and oxygen atoms in total. The van der Waals surface area contributed by atoms with Crippen LogP contribution in [-0.4, -0.2) is 10.1 Å². The van der Waals surface area contributed by atoms with E-state index in [1.165, 1.54) is 0 Å². The summed E-state index contributed by atoms with van der Waals surface area (Å²) in [6, 6.07) is 8.22. The summed E-state index contributed by atoms with van der Waals surface area (Å²) in [4.78, 5) is 9.71. The Morgan fingerprint density at radius 3 is 2.42 bits per heavy atom. The minimum absolute atomic E-state index is 0.421. The normalized spacial score (nSPS) is 12.4. The van der Waals surface area contributed by atoms with Crippen LogP contribution in [0, 0.1) is 10.1 Å². The van der Waals surface area contributed by atoms with Crippen LogP contribution in [-0.2, 0) is 0 Å². The monoisotopic (exact) mass is 168 g/mol. The summed E-state index contributed by atoms with van der Waals surface area (Å²) in [5.41, 5.74) is 2.04. The molecule has 1 rings (SSSR count). The molecule has 0 aliphatic heterocycles. The van der Waals surface area contributed by atoms with Gasteiger partial charge in [-0.1, -0.05) is 30.3 Å². The molecule has 0 bridgehead atoms. The predicted molar refractivity (Wildman–Crippen MR) is 41.1 cm³/mol. The van der Waals surface area contributed by atoms with Gasteiger partial charge in [0.1, 0.15) is 0 Å². The molecule has 0 fully saturated rings. The van der Waals surface area contributed by atoms with E-state index < -0.39 is 11.1 Å². The molecule has 0 saturated heterocycles. The maximum atomic E-state index is 10.3. The van der Waals surface area contributed by atoms with Crippen LogP contribution in [0.4, 0.5) is 0 Å². The molecule has 0 amide bonds. The number of benzene rings is 1. The van der Waals surface area contributed by atoms with Crippen LogP contribution in [0.2, 0.25) is 0 Å². The summed E-state index contributed by atoms with van der Waals surface area (Å²) in [5.74, 6) is 0. The van der Waals surface area contributed by atoms with Gasteiger partial charge in [-0.05, 0) is 0 Å². The maximum absolute atomic E-state index is 10.3. The SMILES string of the molecule is O=[N+]([O-])C(NO)c1ccccc1. The van der Waals surface area contributed by atoms with Crippen molar-refractivity contribution >= 4 is 0 Å². The number of nitrogens with one attached hydrogen (secondary N) is 1. The largest absolute Gasteiger partial charge is 0.312 e. The lowest BCUT2D eigenvalue weighted by molar-refractivity contribution is -0.547. The third-order valence-electron chi connectivity index (χ3n) is 1.45. The first-order chi connectivity index (χ1) is 5.75. The van der Waals surface area contributed by atoms with Gasteiger partial charge in [0.15, 0.2) is 0 Å². The fraction of sp³-hybridized carbons (Fsp3) is 0.143. The second-order valence-electron chi connectivity index (χ2n) is 2.23. The molecule has 1 unspecified atom stereocenters. The molecule has 5 heteroatoms. The molecule has 0 aliphatic carbocycles. The van der Waals surface area contributed by atoms with Gasteiger partial charge in [0.25, 0.3) is 0 Å². The highest BCUT2D eigenvalue weighted by Gasteiger charge is 2.19. The summed E-state index contributed by atoms with van der Waals surface area (Å²) >= 11 is 0. The van der Waals surface area contributed by atoms with E-state index in [4.69, 9.17) is 5.21 Å². The van der Waals surface area contributed by atoms with Crippen molar-refractivity contribution in [1.82, 2.24) is 5.48 Å². The minimum atomic E-state index is -1.24. The molecule has 0 heterocycles. The van der Waals surface area contributed by atoms with Gasteiger partial charge >= 0.3 is 6.17 Å². The van der Waals surface area contributed by atoms with E-state index in [2.05, 4.69) is 0 Å². The Hall–Kier alpha value is -1.46. The van der Waals surface area contributed by atoms with Crippen molar-refractivity contribution in [3.05, 3.63) is 46.0 Å². The van der Waals surface area contributed by atoms with Crippen LogP contribution in [0.1, 0.15) is 11.7 Å². The molecule has 1 aromatic carbocycles. The van der Waals surface area contributed by atoms with E-state index >= 15 is 0 Å². The van der Waals surface area contributed by atoms with Gasteiger partial charge in [-0.2, -0.15) is 0 Å². The zero-order chi connectivity index (χ0) is 8.97. The van der Waals surface area contributed by atoms with Crippen molar-refractivity contribution < 1.29 is 10.1 Å². The Balaban J connectivity index is 2.88. The van der Waals surface area contributed by atoms with E-state index in [0.717, 1.165) is 0 Å². The lowest BCUT2D eigenvalue weighted by atomic mass is 10.2. The van der Waals surface area contributed by atoms with E-state index in [1.807, 2.05) is 0 Å². The Labute approximate surface area is 68.7 Å². The molecule has 12 heavy (non-hydrogen) atoms. The number of nitro groups is 1. The summed E-state index contributed by atoms with van der Waals surface area (Å²) in [6.45, 7) is 0. The molecular weight excluding hydrogens is 160 g/mol. The summed E-state index contributed by atoms with van der Waals surface area (Å²) in [7, 11) is 0. The fourth-order valence-corrected chi connectivity index (χ4v) is 0.879. The summed E-state index contributed by atoms with van der Waals surface area (Å²) in [6.07, 6.45) is -1.24. The lowest BCUT2D eigenvalue weighted by Crippen LogP contribution is -2.24. The van der Waals surface area contributed by atoms with Crippen molar-refractivity contribution in [2.24, 2.45) is 0 Å². The van der Waals surface area contributed by atoms with Gasteiger partial charge in [-0.25, -0.2) is 0 Å². The number of rotatable bonds is 3. The van der Waals surface area contributed by atoms with Crippen molar-refractivity contribution in [2.75, 3.05) is 0 Å². The second kappa shape index (κ2) is 3.80. The summed E-state index contributed by atoms with van der Waals surface area (Å²) < 4.78 is 0. The third kappa shape index (κ3) is 1.77. The van der Waals surface area contributed by atoms with Gasteiger partial charge < -0.3 is 5.21 Å². The van der Waals surface area contributed by atoms with E-state index in [9.17, 15) is 10.1 Å². The fourth-order valence-electron chi connectivity index (χ4n) is 0.879. The summed E-state index contributed by atoms with van der Waals surface area (Å²) in [5, 5.41) is 18.8. The van der Waals surface area contributed by atoms with Gasteiger partial charge in [0.05, 0.1) is 0 Å². The number of nitrogens with zero attached hydrogens (tertiary/aromatic N) is 1. The highest BCUT2D eigenvalue weighted by molar-refractivity contribution is 5.16. The van der Waals surface area contributed by atoms with Gasteiger partial charge in [0.2, 0.25) is 0 Å². The van der Waals surface area contributed by atoms with Crippen LogP contribution in [0.3, 0.4) is 0 Å². The molecule has 64 valence electrons. The molecule has 1 atom stereocenters. The van der Waals surface area contributed by atoms with Crippen molar-refractivity contribution in [3.63, 3.8) is 0 Å². The Morgan fingerprint density at radius 2 is 2.00 bits per heavy atom. The van der Waals surface area contributed by atoms with Gasteiger partial charge in [0, 0.05) is 10.5 Å². The maximum Gasteiger partial charge on any atom is 0.312 e. The van der Waals surface area contributed by atoms with Gasteiger partial charge in [-0.15, -0.1) is 5.48 Å². The zero-order valence-corrected chi connectivity index (χ0v) is 6.18. The molecule has 0 saturated carbocycles. The molecule has 2 N–H and O–H groups in total. The van der Waals surface area contributed by atoms with E-state index in [1.54, 1.807) is 35.8 Å². The van der Waals surface area contributed by atoms with Crippen LogP contribution >= 0.6 is 0 Å². The number of hydroxylamine groups is 1. The van der Waals surface area contributed by atoms with Crippen molar-refractivity contribution in [3.8, 4) is 0 Å². The lowest BCUT2D eigenvalue weighted by Gasteiger charge is -2.05. The Bertz CT molecular complexity index is 263. The highest BCUT2D eigenvalue weighted by atomic mass is 16.6. The average molecular weight is 168 g/mol. The van der Waals surface area contributed by atoms with Crippen LogP contribution in [0.5, 0.6) is 0 Å². The Morgan fingerprint density at radius 1 is 1.42 bits per heavy atom. The average Bonchev–Trinajstić information content (AvgIpc) is 2.07. The second-order valence-corrected chi connectivity index (χ2v) is 2.23. The Kier molecular flexibility index (Phi) is 2.73. The first kappa shape index (κ1) is 8.63. The molecule has 1 aromatic rings. The third-order valence-corrected chi connectivity index (χ3v) is 1.45. The first-order valence-electron chi connectivity index (χ1n) is 3.33. The molecule has 0 radical (unpaired) electrons. The topological polar surface area (TPSA) is 75.4 Å². The molecule has 0 spiro atoms. The van der Waals surface area contributed by atoms with Crippen molar-refractivity contribution in [1.29, 1.82) is 0 Å². The van der Waals surface area contributed by atoms with Gasteiger partial charge in [-0.3, -0.25) is 10.1 Å². The van der Waals surface area contributed by atoms with Crippen LogP contribution in [0.25, 0.3) is 0 Å². The van der Waals surface area contributed by atoms with E-state index in [0.29, 0.717) is 5.56 Å². The molecule has 0 aliphatic rings. The minimum Gasteiger partial charge on any atom is -0.311 e. The van der Waals surface area contributed by atoms with Crippen molar-refractivity contribution in [2.45, 2.75) is 6.17 Å². The standard InChI is InChI=1S/C7H8N2O3/c10-8-7(9(11)12)6-4-2-1-3-5-6/h1-5,7-8,10H. The van der Waals surface area contributed by atoms with Crippen LogP contribution in [0.15, 0.2) is 30.3 Å². The zero-order valence-electron chi connectivity index (χ0n) is 6.18. The predicted octanol–water partition coefficient (Wildman–Crippen LogP) is 0.941. The quantitative estimate of drug-likeness (QED) is 0.400.